The van der Waals surface area contributed by atoms with Gasteiger partial charge in [-0.05, 0) is 45.0 Å². The van der Waals surface area contributed by atoms with E-state index in [-0.39, 0.29) is 11.1 Å². The number of nitrogens with zero attached hydrogens (tertiary/aromatic N) is 1. The third-order valence-electron chi connectivity index (χ3n) is 3.61. The van der Waals surface area contributed by atoms with Crippen molar-refractivity contribution in [1.29, 1.82) is 0 Å². The SMILES string of the molecule is CCC(C)(C)N(C)Cc1ccc(F)cc1C(=O)O. The zero-order chi connectivity index (χ0) is 13.9. The van der Waals surface area contributed by atoms with Gasteiger partial charge in [-0.25, -0.2) is 9.18 Å². The zero-order valence-electron chi connectivity index (χ0n) is 11.3. The topological polar surface area (TPSA) is 40.5 Å². The highest BCUT2D eigenvalue weighted by Gasteiger charge is 2.22. The Bertz CT molecular complexity index is 443. The van der Waals surface area contributed by atoms with Crippen molar-refractivity contribution in [1.82, 2.24) is 4.90 Å². The zero-order valence-corrected chi connectivity index (χ0v) is 11.3. The molecule has 0 spiro atoms. The lowest BCUT2D eigenvalue weighted by Gasteiger charge is -2.35. The van der Waals surface area contributed by atoms with Crippen molar-refractivity contribution in [2.24, 2.45) is 0 Å². The molecule has 0 heterocycles. The van der Waals surface area contributed by atoms with Gasteiger partial charge in [0.05, 0.1) is 5.56 Å². The minimum atomic E-state index is -1.09. The van der Waals surface area contributed by atoms with Gasteiger partial charge in [0.2, 0.25) is 0 Å². The van der Waals surface area contributed by atoms with Crippen LogP contribution in [0.15, 0.2) is 18.2 Å². The van der Waals surface area contributed by atoms with E-state index < -0.39 is 11.8 Å². The molecule has 1 aromatic carbocycles. The second-order valence-corrected chi connectivity index (χ2v) is 5.13. The van der Waals surface area contributed by atoms with E-state index in [1.165, 1.54) is 6.07 Å². The molecule has 0 saturated heterocycles. The fourth-order valence-electron chi connectivity index (χ4n) is 1.63. The molecule has 1 rings (SSSR count). The third kappa shape index (κ3) is 3.29. The summed E-state index contributed by atoms with van der Waals surface area (Å²) in [6, 6.07) is 3.92. The minimum absolute atomic E-state index is 0.0237. The first kappa shape index (κ1) is 14.6. The Labute approximate surface area is 107 Å². The number of halogens is 1. The molecule has 0 aliphatic carbocycles. The minimum Gasteiger partial charge on any atom is -0.478 e. The lowest BCUT2D eigenvalue weighted by Crippen LogP contribution is -2.40. The molecule has 0 aliphatic rings. The quantitative estimate of drug-likeness (QED) is 0.876. The molecule has 0 fully saturated rings. The van der Waals surface area contributed by atoms with E-state index in [2.05, 4.69) is 25.7 Å². The summed E-state index contributed by atoms with van der Waals surface area (Å²) in [6.45, 7) is 6.76. The maximum Gasteiger partial charge on any atom is 0.336 e. The third-order valence-corrected chi connectivity index (χ3v) is 3.61. The van der Waals surface area contributed by atoms with Crippen LogP contribution >= 0.6 is 0 Å². The normalized spacial score (nSPS) is 11.9. The Balaban J connectivity index is 3.01. The summed E-state index contributed by atoms with van der Waals surface area (Å²) < 4.78 is 13.1. The highest BCUT2D eigenvalue weighted by molar-refractivity contribution is 5.89. The summed E-state index contributed by atoms with van der Waals surface area (Å²) in [6.07, 6.45) is 0.951. The van der Waals surface area contributed by atoms with Crippen LogP contribution in [0.1, 0.15) is 43.1 Å². The first-order chi connectivity index (χ1) is 8.27. The molecular formula is C14H20FNO2. The second kappa shape index (κ2) is 5.48. The largest absolute Gasteiger partial charge is 0.478 e. The highest BCUT2D eigenvalue weighted by atomic mass is 19.1. The van der Waals surface area contributed by atoms with Crippen molar-refractivity contribution in [2.45, 2.75) is 39.3 Å². The number of carboxylic acids is 1. The Morgan fingerprint density at radius 1 is 1.44 bits per heavy atom. The van der Waals surface area contributed by atoms with E-state index in [0.717, 1.165) is 12.5 Å². The maximum atomic E-state index is 13.1. The van der Waals surface area contributed by atoms with Crippen LogP contribution in [0.2, 0.25) is 0 Å². The average Bonchev–Trinajstić information content (AvgIpc) is 2.31. The van der Waals surface area contributed by atoms with Crippen molar-refractivity contribution in [3.63, 3.8) is 0 Å². The summed E-state index contributed by atoms with van der Waals surface area (Å²) in [5, 5.41) is 9.08. The highest BCUT2D eigenvalue weighted by Crippen LogP contribution is 2.21. The summed E-state index contributed by atoms with van der Waals surface area (Å²) in [7, 11) is 1.94. The predicted octanol–water partition coefficient (Wildman–Crippen LogP) is 3.14. The molecule has 0 unspecified atom stereocenters. The number of carbonyl (C=O) groups is 1. The average molecular weight is 253 g/mol. The van der Waals surface area contributed by atoms with Gasteiger partial charge < -0.3 is 5.11 Å². The maximum absolute atomic E-state index is 13.1. The molecule has 1 aromatic rings. The van der Waals surface area contributed by atoms with E-state index in [4.69, 9.17) is 5.11 Å². The van der Waals surface area contributed by atoms with E-state index in [9.17, 15) is 9.18 Å². The van der Waals surface area contributed by atoms with Crippen LogP contribution in [0.4, 0.5) is 4.39 Å². The van der Waals surface area contributed by atoms with Gasteiger partial charge in [-0.1, -0.05) is 13.0 Å². The smallest absolute Gasteiger partial charge is 0.336 e. The molecule has 100 valence electrons. The van der Waals surface area contributed by atoms with Gasteiger partial charge in [-0.3, -0.25) is 4.90 Å². The van der Waals surface area contributed by atoms with E-state index in [1.807, 2.05) is 7.05 Å². The van der Waals surface area contributed by atoms with Crippen LogP contribution in [0.5, 0.6) is 0 Å². The van der Waals surface area contributed by atoms with Gasteiger partial charge in [0.1, 0.15) is 5.82 Å². The van der Waals surface area contributed by atoms with Crippen molar-refractivity contribution < 1.29 is 14.3 Å². The lowest BCUT2D eigenvalue weighted by atomic mass is 9.98. The summed E-state index contributed by atoms with van der Waals surface area (Å²) in [5.74, 6) is -1.61. The molecule has 4 heteroatoms. The number of hydrogen-bond acceptors (Lipinski definition) is 2. The molecule has 0 atom stereocenters. The van der Waals surface area contributed by atoms with Gasteiger partial charge in [-0.15, -0.1) is 0 Å². The summed E-state index contributed by atoms with van der Waals surface area (Å²) in [5.41, 5.74) is 0.645. The number of benzene rings is 1. The number of aromatic carboxylic acids is 1. The van der Waals surface area contributed by atoms with Gasteiger partial charge in [0.15, 0.2) is 0 Å². The van der Waals surface area contributed by atoms with E-state index in [1.54, 1.807) is 6.07 Å². The van der Waals surface area contributed by atoms with Gasteiger partial charge >= 0.3 is 5.97 Å². The van der Waals surface area contributed by atoms with Crippen LogP contribution in [-0.4, -0.2) is 28.6 Å². The fourth-order valence-corrected chi connectivity index (χ4v) is 1.63. The number of carboxylic acid groups (broad SMARTS) is 1. The molecule has 18 heavy (non-hydrogen) atoms. The Morgan fingerprint density at radius 2 is 2.06 bits per heavy atom. The Hall–Kier alpha value is -1.42. The van der Waals surface area contributed by atoms with Crippen molar-refractivity contribution in [3.05, 3.63) is 35.1 Å². The number of rotatable bonds is 5. The molecule has 0 aliphatic heterocycles. The summed E-state index contributed by atoms with van der Waals surface area (Å²) in [4.78, 5) is 13.2. The van der Waals surface area contributed by atoms with Crippen LogP contribution in [-0.2, 0) is 6.54 Å². The van der Waals surface area contributed by atoms with Crippen LogP contribution in [0.25, 0.3) is 0 Å². The van der Waals surface area contributed by atoms with Crippen molar-refractivity contribution >= 4 is 5.97 Å². The predicted molar refractivity (Wildman–Crippen MR) is 69.2 cm³/mol. The molecule has 0 bridgehead atoms. The van der Waals surface area contributed by atoms with E-state index >= 15 is 0 Å². The Morgan fingerprint density at radius 3 is 2.56 bits per heavy atom. The lowest BCUT2D eigenvalue weighted by molar-refractivity contribution is 0.0691. The first-order valence-corrected chi connectivity index (χ1v) is 6.01. The van der Waals surface area contributed by atoms with Crippen LogP contribution in [0, 0.1) is 5.82 Å². The molecule has 0 amide bonds. The van der Waals surface area contributed by atoms with Gasteiger partial charge in [-0.2, -0.15) is 0 Å². The standard InChI is InChI=1S/C14H20FNO2/c1-5-14(2,3)16(4)9-10-6-7-11(15)8-12(10)13(17)18/h6-8H,5,9H2,1-4H3,(H,17,18). The van der Waals surface area contributed by atoms with Crippen LogP contribution < -0.4 is 0 Å². The first-order valence-electron chi connectivity index (χ1n) is 6.01. The van der Waals surface area contributed by atoms with Gasteiger partial charge in [0.25, 0.3) is 0 Å². The van der Waals surface area contributed by atoms with Crippen molar-refractivity contribution in [2.75, 3.05) is 7.05 Å². The molecule has 0 aromatic heterocycles. The van der Waals surface area contributed by atoms with Crippen LogP contribution in [0.3, 0.4) is 0 Å². The van der Waals surface area contributed by atoms with Crippen molar-refractivity contribution in [3.8, 4) is 0 Å². The second-order valence-electron chi connectivity index (χ2n) is 5.13. The van der Waals surface area contributed by atoms with Gasteiger partial charge in [0, 0.05) is 12.1 Å². The van der Waals surface area contributed by atoms with E-state index in [0.29, 0.717) is 12.1 Å². The molecule has 1 N–H and O–H groups in total. The molecule has 3 nitrogen and oxygen atoms in total. The molecule has 0 radical (unpaired) electrons. The fraction of sp³-hybridized carbons (Fsp3) is 0.500. The molecular weight excluding hydrogens is 233 g/mol. The number of hydrogen-bond donors (Lipinski definition) is 1. The summed E-state index contributed by atoms with van der Waals surface area (Å²) >= 11 is 0. The Kier molecular flexibility index (Phi) is 4.46. The molecule has 0 saturated carbocycles. The monoisotopic (exact) mass is 253 g/mol.